The van der Waals surface area contributed by atoms with Crippen LogP contribution in [0.5, 0.6) is 0 Å². The highest BCUT2D eigenvalue weighted by Gasteiger charge is 2.39. The number of piperazine rings is 1. The van der Waals surface area contributed by atoms with Crippen LogP contribution in [-0.2, 0) is 0 Å². The van der Waals surface area contributed by atoms with E-state index < -0.39 is 0 Å². The average molecular weight is 337 g/mol. The first-order chi connectivity index (χ1) is 9.74. The van der Waals surface area contributed by atoms with Crippen LogP contribution in [0.4, 0.5) is 5.69 Å². The molecular weight excluding hydrogens is 312 g/mol. The second-order valence-electron chi connectivity index (χ2n) is 6.36. The van der Waals surface area contributed by atoms with E-state index in [9.17, 15) is 0 Å². The van der Waals surface area contributed by atoms with Crippen LogP contribution in [0.15, 0.2) is 28.7 Å². The van der Waals surface area contributed by atoms with Gasteiger partial charge in [0.05, 0.1) is 5.69 Å². The lowest BCUT2D eigenvalue weighted by Crippen LogP contribution is -2.65. The number of hydrogen-bond acceptors (Lipinski definition) is 2. The van der Waals surface area contributed by atoms with Gasteiger partial charge < -0.3 is 10.2 Å². The smallest absolute Gasteiger partial charge is 0.0514 e. The Morgan fingerprint density at radius 2 is 2.00 bits per heavy atom. The summed E-state index contributed by atoms with van der Waals surface area (Å²) in [5.41, 5.74) is 1.73. The van der Waals surface area contributed by atoms with E-state index in [1.807, 2.05) is 0 Å². The Bertz CT molecular complexity index is 454. The lowest BCUT2D eigenvalue weighted by molar-refractivity contribution is 0.195. The zero-order chi connectivity index (χ0) is 14.0. The minimum absolute atomic E-state index is 0.360. The van der Waals surface area contributed by atoms with E-state index in [2.05, 4.69) is 57.3 Å². The Morgan fingerprint density at radius 1 is 1.25 bits per heavy atom. The van der Waals surface area contributed by atoms with Crippen LogP contribution in [-0.4, -0.2) is 24.7 Å². The van der Waals surface area contributed by atoms with Crippen LogP contribution in [0.25, 0.3) is 0 Å². The molecule has 3 rings (SSSR count). The number of halogens is 1. The van der Waals surface area contributed by atoms with E-state index in [0.717, 1.165) is 13.1 Å². The fraction of sp³-hybridized carbons (Fsp3) is 0.647. The minimum Gasteiger partial charge on any atom is -0.365 e. The number of para-hydroxylation sites is 1. The molecule has 2 aliphatic rings. The van der Waals surface area contributed by atoms with Gasteiger partial charge in [-0.05, 0) is 47.3 Å². The summed E-state index contributed by atoms with van der Waals surface area (Å²) in [6.45, 7) is 4.58. The maximum absolute atomic E-state index is 3.90. The molecule has 2 nitrogen and oxygen atoms in total. The van der Waals surface area contributed by atoms with Gasteiger partial charge in [-0.3, -0.25) is 0 Å². The van der Waals surface area contributed by atoms with Crippen molar-refractivity contribution in [2.45, 2.75) is 57.0 Å². The molecule has 1 heterocycles. The molecule has 1 aliphatic carbocycles. The van der Waals surface area contributed by atoms with E-state index in [4.69, 9.17) is 0 Å². The molecule has 1 saturated heterocycles. The maximum Gasteiger partial charge on any atom is 0.0514 e. The summed E-state index contributed by atoms with van der Waals surface area (Å²) in [6.07, 6.45) is 8.05. The summed E-state index contributed by atoms with van der Waals surface area (Å²) in [5.74, 6) is 0. The molecule has 0 bridgehead atoms. The molecule has 1 saturated carbocycles. The zero-order valence-electron chi connectivity index (χ0n) is 12.4. The highest BCUT2D eigenvalue weighted by molar-refractivity contribution is 9.10. The second-order valence-corrected chi connectivity index (χ2v) is 7.22. The molecule has 0 radical (unpaired) electrons. The molecule has 1 aliphatic heterocycles. The highest BCUT2D eigenvalue weighted by Crippen LogP contribution is 2.36. The Hall–Kier alpha value is -0.540. The Balaban J connectivity index is 1.87. The highest BCUT2D eigenvalue weighted by atomic mass is 79.9. The quantitative estimate of drug-likeness (QED) is 0.864. The topological polar surface area (TPSA) is 15.3 Å². The zero-order valence-corrected chi connectivity index (χ0v) is 14.0. The van der Waals surface area contributed by atoms with Gasteiger partial charge in [0.15, 0.2) is 0 Å². The Labute approximate surface area is 131 Å². The molecule has 1 unspecified atom stereocenters. The largest absolute Gasteiger partial charge is 0.365 e. The third kappa shape index (κ3) is 2.75. The summed E-state index contributed by atoms with van der Waals surface area (Å²) in [4.78, 5) is 2.64. The molecule has 0 aromatic heterocycles. The van der Waals surface area contributed by atoms with Gasteiger partial charge in [-0.1, -0.05) is 38.3 Å². The first-order valence-electron chi connectivity index (χ1n) is 8.00. The van der Waals surface area contributed by atoms with Crippen LogP contribution in [0.3, 0.4) is 0 Å². The van der Waals surface area contributed by atoms with Gasteiger partial charge in [-0.25, -0.2) is 0 Å². The SMILES string of the molecule is CCC1CNC2(CCCCC2)CN1c1ccccc1Br. The van der Waals surface area contributed by atoms with Gasteiger partial charge >= 0.3 is 0 Å². The molecule has 3 heteroatoms. The molecule has 1 atom stereocenters. The first-order valence-corrected chi connectivity index (χ1v) is 8.80. The minimum atomic E-state index is 0.360. The van der Waals surface area contributed by atoms with Gasteiger partial charge in [0.1, 0.15) is 0 Å². The predicted octanol–water partition coefficient (Wildman–Crippen LogP) is 4.34. The van der Waals surface area contributed by atoms with E-state index in [-0.39, 0.29) is 0 Å². The van der Waals surface area contributed by atoms with Crippen molar-refractivity contribution < 1.29 is 0 Å². The van der Waals surface area contributed by atoms with Crippen molar-refractivity contribution in [3.8, 4) is 0 Å². The molecule has 1 N–H and O–H groups in total. The Morgan fingerprint density at radius 3 is 2.70 bits per heavy atom. The van der Waals surface area contributed by atoms with E-state index in [1.165, 1.54) is 48.7 Å². The maximum atomic E-state index is 3.90. The first kappa shape index (κ1) is 14.4. The van der Waals surface area contributed by atoms with Gasteiger partial charge in [-0.15, -0.1) is 0 Å². The van der Waals surface area contributed by atoms with Crippen LogP contribution in [0, 0.1) is 0 Å². The third-order valence-electron chi connectivity index (χ3n) is 5.07. The molecule has 2 fully saturated rings. The predicted molar refractivity (Wildman–Crippen MR) is 89.4 cm³/mol. The molecule has 20 heavy (non-hydrogen) atoms. The van der Waals surface area contributed by atoms with Gasteiger partial charge in [-0.2, -0.15) is 0 Å². The molecule has 1 aromatic rings. The monoisotopic (exact) mass is 336 g/mol. The number of hydrogen-bond donors (Lipinski definition) is 1. The summed E-state index contributed by atoms with van der Waals surface area (Å²) in [6, 6.07) is 9.29. The third-order valence-corrected chi connectivity index (χ3v) is 5.74. The van der Waals surface area contributed by atoms with Crippen LogP contribution < -0.4 is 10.2 Å². The van der Waals surface area contributed by atoms with Crippen LogP contribution >= 0.6 is 15.9 Å². The summed E-state index contributed by atoms with van der Waals surface area (Å²) < 4.78 is 1.23. The van der Waals surface area contributed by atoms with Crippen molar-refractivity contribution in [3.05, 3.63) is 28.7 Å². The fourth-order valence-electron chi connectivity index (χ4n) is 3.85. The summed E-state index contributed by atoms with van der Waals surface area (Å²) >= 11 is 3.74. The number of nitrogens with one attached hydrogen (secondary N) is 1. The molecule has 0 amide bonds. The number of anilines is 1. The molecule has 110 valence electrons. The van der Waals surface area contributed by atoms with Gasteiger partial charge in [0.25, 0.3) is 0 Å². The van der Waals surface area contributed by atoms with Crippen molar-refractivity contribution in [1.82, 2.24) is 5.32 Å². The van der Waals surface area contributed by atoms with Crippen molar-refractivity contribution in [3.63, 3.8) is 0 Å². The Kier molecular flexibility index (Phi) is 4.37. The summed E-state index contributed by atoms with van der Waals surface area (Å²) in [7, 11) is 0. The molecule has 1 spiro atoms. The number of benzene rings is 1. The van der Waals surface area contributed by atoms with Crippen molar-refractivity contribution in [2.75, 3.05) is 18.0 Å². The van der Waals surface area contributed by atoms with Crippen LogP contribution in [0.2, 0.25) is 0 Å². The number of nitrogens with zero attached hydrogens (tertiary/aromatic N) is 1. The average Bonchev–Trinajstić information content (AvgIpc) is 2.49. The van der Waals surface area contributed by atoms with Crippen LogP contribution in [0.1, 0.15) is 45.4 Å². The standard InChI is InChI=1S/C17H25BrN2/c1-2-14-12-19-17(10-6-3-7-11-17)13-20(14)16-9-5-4-8-15(16)18/h4-5,8-9,14,19H,2-3,6-7,10-13H2,1H3. The summed E-state index contributed by atoms with van der Waals surface area (Å²) in [5, 5.41) is 3.90. The van der Waals surface area contributed by atoms with E-state index in [0.29, 0.717) is 11.6 Å². The van der Waals surface area contributed by atoms with E-state index in [1.54, 1.807) is 0 Å². The van der Waals surface area contributed by atoms with Gasteiger partial charge in [0, 0.05) is 29.1 Å². The lowest BCUT2D eigenvalue weighted by Gasteiger charge is -2.50. The molecular formula is C17H25BrN2. The fourth-order valence-corrected chi connectivity index (χ4v) is 4.36. The lowest BCUT2D eigenvalue weighted by atomic mass is 9.79. The van der Waals surface area contributed by atoms with Crippen molar-refractivity contribution in [1.29, 1.82) is 0 Å². The van der Waals surface area contributed by atoms with Crippen molar-refractivity contribution >= 4 is 21.6 Å². The normalized spacial score (nSPS) is 25.9. The molecule has 1 aromatic carbocycles. The second kappa shape index (κ2) is 6.07. The van der Waals surface area contributed by atoms with Crippen molar-refractivity contribution in [2.24, 2.45) is 0 Å². The van der Waals surface area contributed by atoms with E-state index >= 15 is 0 Å². The number of rotatable bonds is 2. The van der Waals surface area contributed by atoms with Gasteiger partial charge in [0.2, 0.25) is 0 Å².